The summed E-state index contributed by atoms with van der Waals surface area (Å²) in [5.74, 6) is 0.458. The molecule has 2 atom stereocenters. The molecule has 0 bridgehead atoms. The van der Waals surface area contributed by atoms with E-state index in [1.165, 1.54) is 6.26 Å². The van der Waals surface area contributed by atoms with Crippen LogP contribution in [0.2, 0.25) is 0 Å². The Morgan fingerprint density at radius 1 is 1.24 bits per heavy atom. The summed E-state index contributed by atoms with van der Waals surface area (Å²) in [4.78, 5) is 0.289. The molecular weight excluding hydrogens is 236 g/mol. The maximum absolute atomic E-state index is 11.3. The predicted molar refractivity (Wildman–Crippen MR) is 68.6 cm³/mol. The van der Waals surface area contributed by atoms with Crippen molar-refractivity contribution >= 4 is 9.84 Å². The summed E-state index contributed by atoms with van der Waals surface area (Å²) < 4.78 is 22.6. The smallest absolute Gasteiger partial charge is 0.175 e. The lowest BCUT2D eigenvalue weighted by molar-refractivity contribution is 0.146. The minimum Gasteiger partial charge on any atom is -0.388 e. The third kappa shape index (κ3) is 4.13. The van der Waals surface area contributed by atoms with Crippen LogP contribution >= 0.6 is 0 Å². The molecule has 0 spiro atoms. The summed E-state index contributed by atoms with van der Waals surface area (Å²) in [5, 5.41) is 9.97. The molecule has 96 valence electrons. The Morgan fingerprint density at radius 2 is 1.76 bits per heavy atom. The van der Waals surface area contributed by atoms with Crippen LogP contribution in [0, 0.1) is 5.92 Å². The molecule has 2 unspecified atom stereocenters. The minimum atomic E-state index is -3.15. The summed E-state index contributed by atoms with van der Waals surface area (Å²) in [6.45, 7) is 4.18. The average Bonchev–Trinajstić information content (AvgIpc) is 2.27. The second-order valence-corrected chi connectivity index (χ2v) is 6.62. The van der Waals surface area contributed by atoms with Gasteiger partial charge in [0.05, 0.1) is 11.0 Å². The Kier molecular flexibility index (Phi) is 4.71. The zero-order valence-corrected chi connectivity index (χ0v) is 11.4. The highest BCUT2D eigenvalue weighted by molar-refractivity contribution is 7.90. The second-order valence-electron chi connectivity index (χ2n) is 4.61. The maximum Gasteiger partial charge on any atom is 0.175 e. The SMILES string of the molecule is CCC(C)CC(O)c1ccc(S(C)(=O)=O)cc1. The highest BCUT2D eigenvalue weighted by atomic mass is 32.2. The van der Waals surface area contributed by atoms with Gasteiger partial charge in [-0.25, -0.2) is 8.42 Å². The van der Waals surface area contributed by atoms with Gasteiger partial charge in [0.1, 0.15) is 0 Å². The summed E-state index contributed by atoms with van der Waals surface area (Å²) >= 11 is 0. The van der Waals surface area contributed by atoms with Crippen LogP contribution in [0.1, 0.15) is 38.4 Å². The predicted octanol–water partition coefficient (Wildman–Crippen LogP) is 2.56. The van der Waals surface area contributed by atoms with Gasteiger partial charge in [0.2, 0.25) is 0 Å². The van der Waals surface area contributed by atoms with Crippen molar-refractivity contribution in [3.8, 4) is 0 Å². The monoisotopic (exact) mass is 256 g/mol. The summed E-state index contributed by atoms with van der Waals surface area (Å²) in [5.41, 5.74) is 0.776. The normalized spacial score (nSPS) is 15.5. The molecule has 1 rings (SSSR count). The standard InChI is InChI=1S/C13H20O3S/c1-4-10(2)9-13(14)11-5-7-12(8-6-11)17(3,15)16/h5-8,10,13-14H,4,9H2,1-3H3. The Labute approximate surface area is 103 Å². The zero-order chi connectivity index (χ0) is 13.1. The summed E-state index contributed by atoms with van der Waals surface area (Å²) in [6.07, 6.45) is 2.39. The van der Waals surface area contributed by atoms with Gasteiger partial charge in [-0.1, -0.05) is 32.4 Å². The van der Waals surface area contributed by atoms with Gasteiger partial charge in [-0.3, -0.25) is 0 Å². The van der Waals surface area contributed by atoms with Crippen molar-refractivity contribution in [3.05, 3.63) is 29.8 Å². The molecule has 1 aromatic carbocycles. The van der Waals surface area contributed by atoms with E-state index in [1.54, 1.807) is 24.3 Å². The van der Waals surface area contributed by atoms with Crippen LogP contribution in [0.25, 0.3) is 0 Å². The third-order valence-corrected chi connectivity index (χ3v) is 4.14. The van der Waals surface area contributed by atoms with E-state index < -0.39 is 15.9 Å². The van der Waals surface area contributed by atoms with Crippen LogP contribution in [-0.2, 0) is 9.84 Å². The summed E-state index contributed by atoms with van der Waals surface area (Å²) in [7, 11) is -3.15. The van der Waals surface area contributed by atoms with E-state index in [1.807, 2.05) is 0 Å². The van der Waals surface area contributed by atoms with Gasteiger partial charge in [-0.05, 0) is 30.0 Å². The summed E-state index contributed by atoms with van der Waals surface area (Å²) in [6, 6.07) is 6.46. The van der Waals surface area contributed by atoms with Crippen LogP contribution in [0.15, 0.2) is 29.2 Å². The van der Waals surface area contributed by atoms with Gasteiger partial charge < -0.3 is 5.11 Å². The van der Waals surface area contributed by atoms with Crippen molar-refractivity contribution in [1.82, 2.24) is 0 Å². The molecule has 1 N–H and O–H groups in total. The molecular formula is C13H20O3S. The van der Waals surface area contributed by atoms with Gasteiger partial charge in [0.15, 0.2) is 9.84 Å². The fourth-order valence-corrected chi connectivity index (χ4v) is 2.25. The topological polar surface area (TPSA) is 54.4 Å². The molecule has 17 heavy (non-hydrogen) atoms. The molecule has 0 aromatic heterocycles. The number of rotatable bonds is 5. The van der Waals surface area contributed by atoms with Gasteiger partial charge >= 0.3 is 0 Å². The molecule has 1 aromatic rings. The van der Waals surface area contributed by atoms with E-state index in [0.717, 1.165) is 12.0 Å². The number of aliphatic hydroxyl groups is 1. The second kappa shape index (κ2) is 5.65. The largest absolute Gasteiger partial charge is 0.388 e. The van der Waals surface area contributed by atoms with Crippen LogP contribution in [0.4, 0.5) is 0 Å². The first-order valence-electron chi connectivity index (χ1n) is 5.82. The average molecular weight is 256 g/mol. The van der Waals surface area contributed by atoms with Crippen LogP contribution in [0.5, 0.6) is 0 Å². The van der Waals surface area contributed by atoms with Crippen LogP contribution in [0.3, 0.4) is 0 Å². The molecule has 0 aliphatic heterocycles. The van der Waals surface area contributed by atoms with E-state index >= 15 is 0 Å². The molecule has 3 nitrogen and oxygen atoms in total. The van der Waals surface area contributed by atoms with Crippen molar-refractivity contribution in [2.45, 2.75) is 37.7 Å². The lowest BCUT2D eigenvalue weighted by atomic mass is 9.96. The van der Waals surface area contributed by atoms with Gasteiger partial charge in [-0.15, -0.1) is 0 Å². The van der Waals surface area contributed by atoms with Gasteiger partial charge in [0.25, 0.3) is 0 Å². The number of sulfone groups is 1. The molecule has 0 amide bonds. The first-order valence-corrected chi connectivity index (χ1v) is 7.71. The molecule has 0 saturated heterocycles. The van der Waals surface area contributed by atoms with E-state index in [9.17, 15) is 13.5 Å². The van der Waals surface area contributed by atoms with E-state index in [2.05, 4.69) is 13.8 Å². The molecule has 0 saturated carbocycles. The quantitative estimate of drug-likeness (QED) is 0.881. The molecule has 0 heterocycles. The maximum atomic E-state index is 11.3. The Bertz CT molecular complexity index is 448. The first kappa shape index (κ1) is 14.2. The number of hydrogen-bond acceptors (Lipinski definition) is 3. The lowest BCUT2D eigenvalue weighted by Gasteiger charge is -2.15. The Morgan fingerprint density at radius 3 is 2.18 bits per heavy atom. The molecule has 0 aliphatic rings. The third-order valence-electron chi connectivity index (χ3n) is 3.02. The van der Waals surface area contributed by atoms with E-state index in [4.69, 9.17) is 0 Å². The molecule has 0 aliphatic carbocycles. The fourth-order valence-electron chi connectivity index (χ4n) is 1.62. The van der Waals surface area contributed by atoms with Crippen LogP contribution in [-0.4, -0.2) is 19.8 Å². The van der Waals surface area contributed by atoms with Crippen molar-refractivity contribution in [2.24, 2.45) is 5.92 Å². The van der Waals surface area contributed by atoms with Gasteiger partial charge in [-0.2, -0.15) is 0 Å². The van der Waals surface area contributed by atoms with Crippen molar-refractivity contribution in [1.29, 1.82) is 0 Å². The van der Waals surface area contributed by atoms with Crippen molar-refractivity contribution in [2.75, 3.05) is 6.26 Å². The van der Waals surface area contributed by atoms with Gasteiger partial charge in [0, 0.05) is 6.26 Å². The number of aliphatic hydroxyl groups excluding tert-OH is 1. The van der Waals surface area contributed by atoms with E-state index in [-0.39, 0.29) is 4.90 Å². The number of hydrogen-bond donors (Lipinski definition) is 1. The molecule has 0 radical (unpaired) electrons. The minimum absolute atomic E-state index is 0.289. The Hall–Kier alpha value is -0.870. The highest BCUT2D eigenvalue weighted by Gasteiger charge is 2.13. The Balaban J connectivity index is 2.81. The fraction of sp³-hybridized carbons (Fsp3) is 0.538. The molecule has 0 fully saturated rings. The zero-order valence-electron chi connectivity index (χ0n) is 10.6. The highest BCUT2D eigenvalue weighted by Crippen LogP contribution is 2.23. The van der Waals surface area contributed by atoms with E-state index in [0.29, 0.717) is 12.3 Å². The molecule has 4 heteroatoms. The van der Waals surface area contributed by atoms with Crippen molar-refractivity contribution < 1.29 is 13.5 Å². The lowest BCUT2D eigenvalue weighted by Crippen LogP contribution is -2.04. The number of benzene rings is 1. The first-order chi connectivity index (χ1) is 7.84. The van der Waals surface area contributed by atoms with Crippen LogP contribution < -0.4 is 0 Å². The van der Waals surface area contributed by atoms with Crippen molar-refractivity contribution in [3.63, 3.8) is 0 Å².